The first-order valence-electron chi connectivity index (χ1n) is 10.3. The fraction of sp³-hybridized carbons (Fsp3) is 0.667. The lowest BCUT2D eigenvalue weighted by atomic mass is 10.0. The largest absolute Gasteiger partial charge is 0.495 e. The lowest BCUT2D eigenvalue weighted by Crippen LogP contribution is -2.44. The summed E-state index contributed by atoms with van der Waals surface area (Å²) in [5.74, 6) is 2.13. The van der Waals surface area contributed by atoms with Crippen molar-refractivity contribution in [2.45, 2.75) is 45.6 Å². The van der Waals surface area contributed by atoms with E-state index in [4.69, 9.17) is 21.3 Å². The number of ether oxygens (including phenoxy) is 1. The van der Waals surface area contributed by atoms with Crippen molar-refractivity contribution in [3.8, 4) is 5.75 Å². The normalized spacial score (nSPS) is 17.6. The molecule has 0 amide bonds. The maximum atomic E-state index is 9.26. The van der Waals surface area contributed by atoms with Crippen LogP contribution in [0.25, 0.3) is 0 Å². The average molecular weight is 539 g/mol. The van der Waals surface area contributed by atoms with E-state index in [0.29, 0.717) is 17.0 Å². The Morgan fingerprint density at radius 2 is 2.17 bits per heavy atom. The third-order valence-electron chi connectivity index (χ3n) is 5.10. The molecule has 0 aliphatic carbocycles. The number of hydrogen-bond acceptors (Lipinski definition) is 4. The van der Waals surface area contributed by atoms with Crippen LogP contribution in [-0.2, 0) is 0 Å². The second-order valence-electron chi connectivity index (χ2n) is 7.28. The number of aliphatic hydroxyl groups is 1. The van der Waals surface area contributed by atoms with Crippen LogP contribution in [0.2, 0.25) is 5.02 Å². The Bertz CT molecular complexity index is 627. The molecule has 0 saturated carbocycles. The molecular formula is C21H36ClIN4O2. The summed E-state index contributed by atoms with van der Waals surface area (Å²) in [5.41, 5.74) is 1.03. The molecule has 6 nitrogen and oxygen atoms in total. The topological polar surface area (TPSA) is 69.1 Å². The van der Waals surface area contributed by atoms with E-state index in [1.54, 1.807) is 7.11 Å². The number of guanidine groups is 1. The standard InChI is InChI=1S/C21H35ClN4O2.HI/c1-4-6-16(10-12-27)14-24-21(23-5-2)25-18-9-11-26(15-18)19-13-17(22)7-8-20(19)28-3;/h7-8,13,16,18,27H,4-6,9-12,14-15H2,1-3H3,(H2,23,24,25);1H. The number of methoxy groups -OCH3 is 1. The number of rotatable bonds is 10. The molecule has 1 aromatic rings. The van der Waals surface area contributed by atoms with Gasteiger partial charge in [-0.2, -0.15) is 0 Å². The average Bonchev–Trinajstić information content (AvgIpc) is 3.15. The highest BCUT2D eigenvalue weighted by Gasteiger charge is 2.25. The van der Waals surface area contributed by atoms with Crippen LogP contribution < -0.4 is 20.3 Å². The van der Waals surface area contributed by atoms with E-state index in [9.17, 15) is 5.11 Å². The van der Waals surface area contributed by atoms with Gasteiger partial charge in [0.25, 0.3) is 0 Å². The summed E-state index contributed by atoms with van der Waals surface area (Å²) in [6, 6.07) is 6.04. The van der Waals surface area contributed by atoms with Crippen molar-refractivity contribution in [1.82, 2.24) is 10.6 Å². The molecule has 0 aromatic heterocycles. The molecule has 8 heteroatoms. The Morgan fingerprint density at radius 3 is 2.83 bits per heavy atom. The van der Waals surface area contributed by atoms with Gasteiger partial charge in [0.05, 0.1) is 12.8 Å². The smallest absolute Gasteiger partial charge is 0.191 e. The Labute approximate surface area is 197 Å². The van der Waals surface area contributed by atoms with E-state index < -0.39 is 0 Å². The van der Waals surface area contributed by atoms with Crippen LogP contribution in [0, 0.1) is 5.92 Å². The lowest BCUT2D eigenvalue weighted by molar-refractivity contribution is 0.253. The van der Waals surface area contributed by atoms with Crippen LogP contribution in [-0.4, -0.2) is 57.0 Å². The monoisotopic (exact) mass is 538 g/mol. The van der Waals surface area contributed by atoms with E-state index in [1.165, 1.54) is 0 Å². The molecule has 2 atom stereocenters. The zero-order valence-electron chi connectivity index (χ0n) is 17.8. The van der Waals surface area contributed by atoms with Crippen molar-refractivity contribution < 1.29 is 9.84 Å². The Hall–Kier alpha value is -0.930. The van der Waals surface area contributed by atoms with Crippen molar-refractivity contribution in [1.29, 1.82) is 0 Å². The molecule has 1 aliphatic heterocycles. The summed E-state index contributed by atoms with van der Waals surface area (Å²) in [4.78, 5) is 7.08. The number of nitrogens with zero attached hydrogens (tertiary/aromatic N) is 2. The minimum absolute atomic E-state index is 0. The molecule has 1 aromatic carbocycles. The minimum atomic E-state index is 0. The van der Waals surface area contributed by atoms with Crippen LogP contribution in [0.3, 0.4) is 0 Å². The van der Waals surface area contributed by atoms with Crippen LogP contribution in [0.15, 0.2) is 23.2 Å². The van der Waals surface area contributed by atoms with Gasteiger partial charge in [-0.1, -0.05) is 24.9 Å². The maximum absolute atomic E-state index is 9.26. The summed E-state index contributed by atoms with van der Waals surface area (Å²) in [7, 11) is 1.69. The number of benzene rings is 1. The predicted octanol–water partition coefficient (Wildman–Crippen LogP) is 3.90. The first-order valence-corrected chi connectivity index (χ1v) is 10.7. The van der Waals surface area contributed by atoms with E-state index in [1.807, 2.05) is 18.2 Å². The molecule has 2 unspecified atom stereocenters. The number of nitrogens with one attached hydrogen (secondary N) is 2. The molecule has 1 fully saturated rings. The van der Waals surface area contributed by atoms with Gasteiger partial charge in [0.1, 0.15) is 5.75 Å². The highest BCUT2D eigenvalue weighted by molar-refractivity contribution is 14.0. The number of anilines is 1. The number of aliphatic imine (C=N–C) groups is 1. The predicted molar refractivity (Wildman–Crippen MR) is 133 cm³/mol. The second kappa shape index (κ2) is 14.1. The molecule has 1 saturated heterocycles. The molecule has 3 N–H and O–H groups in total. The van der Waals surface area contributed by atoms with E-state index >= 15 is 0 Å². The molecule has 166 valence electrons. The van der Waals surface area contributed by atoms with Crippen molar-refractivity contribution in [2.24, 2.45) is 10.9 Å². The SMILES string of the molecule is CCCC(CCO)CN=C(NCC)NC1CCN(c2cc(Cl)ccc2OC)C1.I. The fourth-order valence-corrected chi connectivity index (χ4v) is 3.82. The Morgan fingerprint density at radius 1 is 1.38 bits per heavy atom. The van der Waals surface area contributed by atoms with Gasteiger partial charge in [-0.25, -0.2) is 0 Å². The highest BCUT2D eigenvalue weighted by atomic mass is 127. The second-order valence-corrected chi connectivity index (χ2v) is 7.72. The Balaban J connectivity index is 0.00000420. The van der Waals surface area contributed by atoms with Gasteiger partial charge in [0.15, 0.2) is 5.96 Å². The van der Waals surface area contributed by atoms with Gasteiger partial charge in [-0.05, 0) is 50.3 Å². The van der Waals surface area contributed by atoms with Crippen molar-refractivity contribution >= 4 is 47.2 Å². The van der Waals surface area contributed by atoms with Crippen LogP contribution >= 0.6 is 35.6 Å². The van der Waals surface area contributed by atoms with Crippen LogP contribution in [0.4, 0.5) is 5.69 Å². The molecule has 0 spiro atoms. The van der Waals surface area contributed by atoms with Crippen LogP contribution in [0.5, 0.6) is 5.75 Å². The summed E-state index contributed by atoms with van der Waals surface area (Å²) in [6.07, 6.45) is 4.04. The van der Waals surface area contributed by atoms with Crippen molar-refractivity contribution in [2.75, 3.05) is 44.8 Å². The van der Waals surface area contributed by atoms with Crippen molar-refractivity contribution in [3.05, 3.63) is 23.2 Å². The zero-order chi connectivity index (χ0) is 20.4. The zero-order valence-corrected chi connectivity index (χ0v) is 20.9. The number of aliphatic hydroxyl groups excluding tert-OH is 1. The van der Waals surface area contributed by atoms with E-state index in [-0.39, 0.29) is 30.6 Å². The molecule has 29 heavy (non-hydrogen) atoms. The molecule has 2 rings (SSSR count). The number of hydrogen-bond donors (Lipinski definition) is 3. The molecule has 1 aliphatic rings. The number of halogens is 2. The van der Waals surface area contributed by atoms with Crippen molar-refractivity contribution in [3.63, 3.8) is 0 Å². The van der Waals surface area contributed by atoms with Gasteiger partial charge in [0.2, 0.25) is 0 Å². The van der Waals surface area contributed by atoms with E-state index in [2.05, 4.69) is 29.4 Å². The summed E-state index contributed by atoms with van der Waals surface area (Å²) >= 11 is 6.19. The first kappa shape index (κ1) is 26.1. The third kappa shape index (κ3) is 8.38. The van der Waals surface area contributed by atoms with Crippen LogP contribution in [0.1, 0.15) is 39.5 Å². The third-order valence-corrected chi connectivity index (χ3v) is 5.33. The quantitative estimate of drug-likeness (QED) is 0.240. The van der Waals surface area contributed by atoms with E-state index in [0.717, 1.165) is 69.3 Å². The molecule has 0 radical (unpaired) electrons. The molecular weight excluding hydrogens is 503 g/mol. The summed E-state index contributed by atoms with van der Waals surface area (Å²) in [5, 5.41) is 16.9. The Kier molecular flexibility index (Phi) is 12.7. The van der Waals surface area contributed by atoms with Gasteiger partial charge in [-0.15, -0.1) is 24.0 Å². The fourth-order valence-electron chi connectivity index (χ4n) is 3.66. The van der Waals surface area contributed by atoms with Gasteiger partial charge < -0.3 is 25.4 Å². The first-order chi connectivity index (χ1) is 13.6. The maximum Gasteiger partial charge on any atom is 0.191 e. The highest BCUT2D eigenvalue weighted by Crippen LogP contribution is 2.33. The summed E-state index contributed by atoms with van der Waals surface area (Å²) < 4.78 is 5.50. The molecule has 1 heterocycles. The lowest BCUT2D eigenvalue weighted by Gasteiger charge is -2.22. The molecule has 0 bridgehead atoms. The van der Waals surface area contributed by atoms with Gasteiger partial charge >= 0.3 is 0 Å². The van der Waals surface area contributed by atoms with Gasteiger partial charge in [-0.3, -0.25) is 4.99 Å². The summed E-state index contributed by atoms with van der Waals surface area (Å²) in [6.45, 7) is 7.85. The minimum Gasteiger partial charge on any atom is -0.495 e. The van der Waals surface area contributed by atoms with Gasteiger partial charge in [0, 0.05) is 43.9 Å².